The zero-order chi connectivity index (χ0) is 15.1. The van der Waals surface area contributed by atoms with Gasteiger partial charge in [-0.05, 0) is 43.4 Å². The number of nitrogens with zero attached hydrogens (tertiary/aromatic N) is 1. The Morgan fingerprint density at radius 3 is 2.43 bits per heavy atom. The first-order valence-corrected chi connectivity index (χ1v) is 8.38. The minimum absolute atomic E-state index is 0. The van der Waals surface area contributed by atoms with E-state index in [1.54, 1.807) is 0 Å². The summed E-state index contributed by atoms with van der Waals surface area (Å²) in [5.41, 5.74) is 1.41. The Hall–Kier alpha value is -0.480. The maximum Gasteiger partial charge on any atom is 0.119 e. The highest BCUT2D eigenvalue weighted by atomic mass is 35.5. The van der Waals surface area contributed by atoms with Crippen molar-refractivity contribution in [2.75, 3.05) is 32.8 Å². The van der Waals surface area contributed by atoms with E-state index >= 15 is 0 Å². The van der Waals surface area contributed by atoms with Crippen molar-refractivity contribution >= 4 is 24.8 Å². The number of benzene rings is 1. The van der Waals surface area contributed by atoms with Crippen molar-refractivity contribution < 1.29 is 4.74 Å². The highest BCUT2D eigenvalue weighted by Gasteiger charge is 2.22. The molecule has 0 spiro atoms. The average Bonchev–Trinajstić information content (AvgIpc) is 2.49. The van der Waals surface area contributed by atoms with Gasteiger partial charge in [-0.25, -0.2) is 0 Å². The molecule has 134 valence electrons. The zero-order valence-corrected chi connectivity index (χ0v) is 16.2. The predicted octanol–water partition coefficient (Wildman–Crippen LogP) is 4.31. The molecule has 0 saturated carbocycles. The molecule has 23 heavy (non-hydrogen) atoms. The predicted molar refractivity (Wildman–Crippen MR) is 103 cm³/mol. The summed E-state index contributed by atoms with van der Waals surface area (Å²) in [4.78, 5) is 2.63. The van der Waals surface area contributed by atoms with Crippen LogP contribution in [0.4, 0.5) is 0 Å². The third-order valence-electron chi connectivity index (χ3n) is 4.16. The van der Waals surface area contributed by atoms with Gasteiger partial charge in [-0.2, -0.15) is 0 Å². The Kier molecular flexibility index (Phi) is 11.7. The van der Waals surface area contributed by atoms with Crippen LogP contribution in [0.15, 0.2) is 24.3 Å². The van der Waals surface area contributed by atoms with Gasteiger partial charge in [0.05, 0.1) is 6.61 Å². The van der Waals surface area contributed by atoms with Crippen LogP contribution in [0.2, 0.25) is 0 Å². The van der Waals surface area contributed by atoms with Crippen molar-refractivity contribution in [3.05, 3.63) is 29.8 Å². The van der Waals surface area contributed by atoms with Gasteiger partial charge in [0.1, 0.15) is 5.75 Å². The van der Waals surface area contributed by atoms with Gasteiger partial charge in [-0.15, -0.1) is 24.8 Å². The summed E-state index contributed by atoms with van der Waals surface area (Å²) in [5.74, 6) is 1.75. The van der Waals surface area contributed by atoms with E-state index in [-0.39, 0.29) is 24.8 Å². The van der Waals surface area contributed by atoms with Crippen LogP contribution in [-0.2, 0) is 0 Å². The lowest BCUT2D eigenvalue weighted by Gasteiger charge is -2.35. The maximum atomic E-state index is 5.68. The van der Waals surface area contributed by atoms with Crippen LogP contribution in [0.1, 0.15) is 45.2 Å². The average molecular weight is 363 g/mol. The standard InChI is InChI=1S/C18H30N2O.2ClH/c1-4-21-17-7-5-6-16(14-17)18(9-8-15(2)3)20-12-10-19-11-13-20;;/h5-7,14-15,18-19H,4,8-13H2,1-3H3;2*1H/t18-;;/m1../s1. The van der Waals surface area contributed by atoms with Crippen molar-refractivity contribution in [1.82, 2.24) is 10.2 Å². The molecule has 0 radical (unpaired) electrons. The largest absolute Gasteiger partial charge is 0.494 e. The second-order valence-corrected chi connectivity index (χ2v) is 6.28. The molecule has 5 heteroatoms. The van der Waals surface area contributed by atoms with E-state index in [0.29, 0.717) is 6.04 Å². The number of rotatable bonds is 7. The SMILES string of the molecule is CCOc1cccc([C@@H](CCC(C)C)N2CCNCC2)c1.Cl.Cl. The van der Waals surface area contributed by atoms with Crippen LogP contribution in [0.3, 0.4) is 0 Å². The van der Waals surface area contributed by atoms with E-state index in [0.717, 1.165) is 44.5 Å². The number of hydrogen-bond donors (Lipinski definition) is 1. The van der Waals surface area contributed by atoms with E-state index < -0.39 is 0 Å². The van der Waals surface area contributed by atoms with Gasteiger partial charge in [0.2, 0.25) is 0 Å². The first kappa shape index (κ1) is 22.5. The van der Waals surface area contributed by atoms with Gasteiger partial charge in [0.15, 0.2) is 0 Å². The van der Waals surface area contributed by atoms with Gasteiger partial charge < -0.3 is 10.1 Å². The Labute approximate surface area is 154 Å². The first-order valence-electron chi connectivity index (χ1n) is 8.38. The van der Waals surface area contributed by atoms with E-state index in [1.807, 2.05) is 6.92 Å². The highest BCUT2D eigenvalue weighted by molar-refractivity contribution is 5.85. The second kappa shape index (κ2) is 12.0. The van der Waals surface area contributed by atoms with Gasteiger partial charge in [0, 0.05) is 32.2 Å². The van der Waals surface area contributed by atoms with Gasteiger partial charge >= 0.3 is 0 Å². The zero-order valence-electron chi connectivity index (χ0n) is 14.6. The molecule has 1 saturated heterocycles. The molecule has 0 unspecified atom stereocenters. The molecule has 1 aliphatic heterocycles. The van der Waals surface area contributed by atoms with Crippen LogP contribution in [-0.4, -0.2) is 37.7 Å². The molecule has 0 amide bonds. The van der Waals surface area contributed by atoms with Crippen molar-refractivity contribution in [2.45, 2.75) is 39.7 Å². The second-order valence-electron chi connectivity index (χ2n) is 6.28. The highest BCUT2D eigenvalue weighted by Crippen LogP contribution is 2.30. The summed E-state index contributed by atoms with van der Waals surface area (Å²) < 4.78 is 5.68. The normalized spacial score (nSPS) is 16.3. The van der Waals surface area contributed by atoms with Crippen molar-refractivity contribution in [3.8, 4) is 5.75 Å². The van der Waals surface area contributed by atoms with E-state index in [2.05, 4.69) is 48.3 Å². The Morgan fingerprint density at radius 2 is 1.83 bits per heavy atom. The Morgan fingerprint density at radius 1 is 1.13 bits per heavy atom. The van der Waals surface area contributed by atoms with E-state index in [1.165, 1.54) is 18.4 Å². The monoisotopic (exact) mass is 362 g/mol. The molecule has 1 aliphatic rings. The fourth-order valence-electron chi connectivity index (χ4n) is 3.02. The molecule has 1 fully saturated rings. The lowest BCUT2D eigenvalue weighted by atomic mass is 9.95. The molecule has 3 nitrogen and oxygen atoms in total. The fraction of sp³-hybridized carbons (Fsp3) is 0.667. The lowest BCUT2D eigenvalue weighted by Crippen LogP contribution is -2.45. The summed E-state index contributed by atoms with van der Waals surface area (Å²) >= 11 is 0. The summed E-state index contributed by atoms with van der Waals surface area (Å²) in [6.45, 7) is 11.9. The van der Waals surface area contributed by atoms with Crippen molar-refractivity contribution in [2.24, 2.45) is 5.92 Å². The topological polar surface area (TPSA) is 24.5 Å². The first-order chi connectivity index (χ1) is 10.2. The molecule has 0 aliphatic carbocycles. The minimum atomic E-state index is 0. The smallest absolute Gasteiger partial charge is 0.119 e. The fourth-order valence-corrected chi connectivity index (χ4v) is 3.02. The molecular formula is C18H32Cl2N2O. The Bertz CT molecular complexity index is 423. The van der Waals surface area contributed by atoms with Gasteiger partial charge in [-0.1, -0.05) is 26.0 Å². The van der Waals surface area contributed by atoms with Crippen molar-refractivity contribution in [3.63, 3.8) is 0 Å². The van der Waals surface area contributed by atoms with Crippen LogP contribution in [0, 0.1) is 5.92 Å². The maximum absolute atomic E-state index is 5.68. The quantitative estimate of drug-likeness (QED) is 0.781. The van der Waals surface area contributed by atoms with Gasteiger partial charge in [0.25, 0.3) is 0 Å². The molecule has 1 aromatic carbocycles. The summed E-state index contributed by atoms with van der Waals surface area (Å²) in [5, 5.41) is 3.45. The number of ether oxygens (including phenoxy) is 1. The third kappa shape index (κ3) is 7.30. The summed E-state index contributed by atoms with van der Waals surface area (Å²) in [6, 6.07) is 9.20. The van der Waals surface area contributed by atoms with E-state index in [4.69, 9.17) is 4.74 Å². The molecule has 1 heterocycles. The molecular weight excluding hydrogens is 331 g/mol. The minimum Gasteiger partial charge on any atom is -0.494 e. The molecule has 0 aromatic heterocycles. The molecule has 0 bridgehead atoms. The molecule has 1 atom stereocenters. The van der Waals surface area contributed by atoms with Crippen LogP contribution in [0.25, 0.3) is 0 Å². The summed E-state index contributed by atoms with van der Waals surface area (Å²) in [6.07, 6.45) is 2.50. The number of hydrogen-bond acceptors (Lipinski definition) is 3. The number of nitrogens with one attached hydrogen (secondary N) is 1. The molecule has 1 N–H and O–H groups in total. The van der Waals surface area contributed by atoms with Crippen LogP contribution >= 0.6 is 24.8 Å². The molecule has 1 aromatic rings. The number of halogens is 2. The van der Waals surface area contributed by atoms with E-state index in [9.17, 15) is 0 Å². The summed E-state index contributed by atoms with van der Waals surface area (Å²) in [7, 11) is 0. The molecule has 2 rings (SSSR count). The van der Waals surface area contributed by atoms with Crippen LogP contribution < -0.4 is 10.1 Å². The Balaban J connectivity index is 0.00000242. The van der Waals surface area contributed by atoms with Crippen molar-refractivity contribution in [1.29, 1.82) is 0 Å². The third-order valence-corrected chi connectivity index (χ3v) is 4.16. The van der Waals surface area contributed by atoms with Gasteiger partial charge in [-0.3, -0.25) is 4.90 Å². The van der Waals surface area contributed by atoms with Crippen LogP contribution in [0.5, 0.6) is 5.75 Å². The number of piperazine rings is 1. The lowest BCUT2D eigenvalue weighted by molar-refractivity contribution is 0.159.